The maximum absolute atomic E-state index is 12.2. The van der Waals surface area contributed by atoms with Crippen molar-refractivity contribution in [2.45, 2.75) is 25.7 Å². The molecule has 3 rings (SSSR count). The molecule has 2 saturated heterocycles. The van der Waals surface area contributed by atoms with E-state index in [2.05, 4.69) is 10.2 Å². The Morgan fingerprint density at radius 2 is 2.10 bits per heavy atom. The molecule has 116 valence electrons. The number of carbonyl (C=O) groups excluding carboxylic acids is 1. The van der Waals surface area contributed by atoms with Gasteiger partial charge in [0.05, 0.1) is 4.88 Å². The first-order chi connectivity index (χ1) is 10.3. The number of likely N-dealkylation sites (tertiary alicyclic amines) is 1. The van der Waals surface area contributed by atoms with Crippen molar-refractivity contribution >= 4 is 17.2 Å². The predicted molar refractivity (Wildman–Crippen MR) is 84.8 cm³/mol. The molecule has 1 aromatic rings. The number of nitrogens with zero attached hydrogens (tertiary/aromatic N) is 1. The lowest BCUT2D eigenvalue weighted by Crippen LogP contribution is -2.47. The third kappa shape index (κ3) is 3.84. The summed E-state index contributed by atoms with van der Waals surface area (Å²) in [5.41, 5.74) is 0.190. The molecule has 0 spiro atoms. The number of hydrogen-bond acceptors (Lipinski definition) is 4. The molecule has 2 aliphatic rings. The number of carbonyl (C=O) groups is 1. The molecule has 3 heterocycles. The van der Waals surface area contributed by atoms with Crippen LogP contribution in [0.4, 0.5) is 0 Å². The van der Waals surface area contributed by atoms with Crippen LogP contribution in [0, 0.1) is 5.41 Å². The summed E-state index contributed by atoms with van der Waals surface area (Å²) >= 11 is 1.50. The summed E-state index contributed by atoms with van der Waals surface area (Å²) in [7, 11) is 0. The van der Waals surface area contributed by atoms with Crippen LogP contribution < -0.4 is 5.32 Å². The maximum atomic E-state index is 12.2. The van der Waals surface area contributed by atoms with E-state index in [1.165, 1.54) is 37.3 Å². The van der Waals surface area contributed by atoms with Crippen molar-refractivity contribution in [3.63, 3.8) is 0 Å². The summed E-state index contributed by atoms with van der Waals surface area (Å²) in [6.45, 7) is 5.93. The van der Waals surface area contributed by atoms with Crippen LogP contribution in [0.3, 0.4) is 0 Å². The van der Waals surface area contributed by atoms with E-state index in [1.54, 1.807) is 0 Å². The Balaban J connectivity index is 1.60. The van der Waals surface area contributed by atoms with Crippen LogP contribution in [0.15, 0.2) is 17.5 Å². The van der Waals surface area contributed by atoms with Crippen molar-refractivity contribution in [1.82, 2.24) is 10.2 Å². The van der Waals surface area contributed by atoms with Crippen LogP contribution in [-0.2, 0) is 4.74 Å². The van der Waals surface area contributed by atoms with Crippen LogP contribution in [-0.4, -0.2) is 50.2 Å². The molecule has 0 aromatic carbocycles. The second-order valence-corrected chi connectivity index (χ2v) is 7.20. The first kappa shape index (κ1) is 15.0. The van der Waals surface area contributed by atoms with Gasteiger partial charge in [0.2, 0.25) is 0 Å². The van der Waals surface area contributed by atoms with Crippen LogP contribution in [0.2, 0.25) is 0 Å². The lowest BCUT2D eigenvalue weighted by Gasteiger charge is -2.40. The van der Waals surface area contributed by atoms with E-state index < -0.39 is 0 Å². The summed E-state index contributed by atoms with van der Waals surface area (Å²) in [5.74, 6) is 0.0669. The number of amides is 1. The zero-order chi connectivity index (χ0) is 14.5. The molecular weight excluding hydrogens is 284 g/mol. The molecular formula is C16H24N2O2S. The van der Waals surface area contributed by atoms with Crippen molar-refractivity contribution < 1.29 is 9.53 Å². The summed E-state index contributed by atoms with van der Waals surface area (Å²) in [6, 6.07) is 3.81. The zero-order valence-corrected chi connectivity index (χ0v) is 13.3. The van der Waals surface area contributed by atoms with E-state index in [-0.39, 0.29) is 11.3 Å². The van der Waals surface area contributed by atoms with Gasteiger partial charge in [0, 0.05) is 31.7 Å². The normalized spacial score (nSPS) is 22.3. The van der Waals surface area contributed by atoms with Crippen molar-refractivity contribution in [3.8, 4) is 0 Å². The second-order valence-electron chi connectivity index (χ2n) is 6.26. The molecule has 0 saturated carbocycles. The zero-order valence-electron chi connectivity index (χ0n) is 12.5. The van der Waals surface area contributed by atoms with Gasteiger partial charge in [-0.25, -0.2) is 0 Å². The van der Waals surface area contributed by atoms with Crippen LogP contribution in [0.1, 0.15) is 35.4 Å². The summed E-state index contributed by atoms with van der Waals surface area (Å²) in [4.78, 5) is 15.5. The van der Waals surface area contributed by atoms with Crippen molar-refractivity contribution in [2.75, 3.05) is 39.4 Å². The van der Waals surface area contributed by atoms with Gasteiger partial charge in [0.25, 0.3) is 5.91 Å². The first-order valence-corrected chi connectivity index (χ1v) is 8.77. The highest BCUT2D eigenvalue weighted by atomic mass is 32.1. The molecule has 5 heteroatoms. The molecule has 1 N–H and O–H groups in total. The molecule has 1 aromatic heterocycles. The number of thiophene rings is 1. The first-order valence-electron chi connectivity index (χ1n) is 7.89. The molecule has 1 amide bonds. The molecule has 21 heavy (non-hydrogen) atoms. The third-order valence-corrected chi connectivity index (χ3v) is 5.55. The van der Waals surface area contributed by atoms with E-state index in [0.29, 0.717) is 0 Å². The smallest absolute Gasteiger partial charge is 0.261 e. The minimum absolute atomic E-state index is 0.0669. The van der Waals surface area contributed by atoms with Gasteiger partial charge >= 0.3 is 0 Å². The topological polar surface area (TPSA) is 41.6 Å². The monoisotopic (exact) mass is 308 g/mol. The quantitative estimate of drug-likeness (QED) is 0.908. The Hall–Kier alpha value is -0.910. The van der Waals surface area contributed by atoms with Gasteiger partial charge in [-0.15, -0.1) is 11.3 Å². The highest BCUT2D eigenvalue weighted by Gasteiger charge is 2.35. The van der Waals surface area contributed by atoms with E-state index >= 15 is 0 Å². The van der Waals surface area contributed by atoms with Gasteiger partial charge in [0.1, 0.15) is 0 Å². The van der Waals surface area contributed by atoms with Crippen LogP contribution in [0.5, 0.6) is 0 Å². The van der Waals surface area contributed by atoms with Crippen molar-refractivity contribution in [2.24, 2.45) is 5.41 Å². The molecule has 0 unspecified atom stereocenters. The lowest BCUT2D eigenvalue weighted by molar-refractivity contribution is -0.000608. The fourth-order valence-corrected chi connectivity index (χ4v) is 4.01. The van der Waals surface area contributed by atoms with Gasteiger partial charge in [-0.2, -0.15) is 0 Å². The molecule has 2 aliphatic heterocycles. The Kier molecular flexibility index (Phi) is 4.93. The largest absolute Gasteiger partial charge is 0.381 e. The van der Waals surface area contributed by atoms with Crippen LogP contribution >= 0.6 is 11.3 Å². The van der Waals surface area contributed by atoms with E-state index in [9.17, 15) is 4.79 Å². The third-order valence-electron chi connectivity index (χ3n) is 4.68. The highest BCUT2D eigenvalue weighted by molar-refractivity contribution is 7.12. The van der Waals surface area contributed by atoms with Gasteiger partial charge in [-0.3, -0.25) is 4.79 Å². The Bertz CT molecular complexity index is 449. The van der Waals surface area contributed by atoms with E-state index in [4.69, 9.17) is 4.74 Å². The van der Waals surface area contributed by atoms with Crippen molar-refractivity contribution in [3.05, 3.63) is 22.4 Å². The Morgan fingerprint density at radius 3 is 2.76 bits per heavy atom. The average molecular weight is 308 g/mol. The minimum Gasteiger partial charge on any atom is -0.381 e. The van der Waals surface area contributed by atoms with E-state index in [1.807, 2.05) is 17.5 Å². The molecule has 4 nitrogen and oxygen atoms in total. The second kappa shape index (κ2) is 6.90. The van der Waals surface area contributed by atoms with Gasteiger partial charge in [0.15, 0.2) is 0 Å². The average Bonchev–Trinajstić information content (AvgIpc) is 3.19. The Labute approximate surface area is 130 Å². The van der Waals surface area contributed by atoms with Gasteiger partial charge in [-0.1, -0.05) is 6.07 Å². The molecule has 0 radical (unpaired) electrons. The lowest BCUT2D eigenvalue weighted by atomic mass is 9.79. The number of ether oxygens (including phenoxy) is 1. The highest BCUT2D eigenvalue weighted by Crippen LogP contribution is 2.32. The molecule has 0 aliphatic carbocycles. The standard InChI is InChI=1S/C16H24N2O2S/c19-15(14-4-3-11-21-14)17-12-16(5-9-20-10-6-16)13-18-7-1-2-8-18/h3-4,11H,1-2,5-10,12-13H2,(H,17,19). The molecule has 0 atom stereocenters. The number of nitrogens with one attached hydrogen (secondary N) is 1. The summed E-state index contributed by atoms with van der Waals surface area (Å²) in [5, 5.41) is 5.11. The fourth-order valence-electron chi connectivity index (χ4n) is 3.37. The van der Waals surface area contributed by atoms with Gasteiger partial charge < -0.3 is 15.0 Å². The van der Waals surface area contributed by atoms with Crippen molar-refractivity contribution in [1.29, 1.82) is 0 Å². The minimum atomic E-state index is 0.0669. The maximum Gasteiger partial charge on any atom is 0.261 e. The summed E-state index contributed by atoms with van der Waals surface area (Å²) in [6.07, 6.45) is 4.73. The van der Waals surface area contributed by atoms with Crippen LogP contribution in [0.25, 0.3) is 0 Å². The number of rotatable bonds is 5. The predicted octanol–water partition coefficient (Wildman–Crippen LogP) is 2.37. The summed E-state index contributed by atoms with van der Waals surface area (Å²) < 4.78 is 5.54. The fraction of sp³-hybridized carbons (Fsp3) is 0.688. The SMILES string of the molecule is O=C(NCC1(CN2CCCC2)CCOCC1)c1cccs1. The van der Waals surface area contributed by atoms with Gasteiger partial charge in [-0.05, 0) is 50.2 Å². The van der Waals surface area contributed by atoms with E-state index in [0.717, 1.165) is 44.0 Å². The molecule has 2 fully saturated rings. The Morgan fingerprint density at radius 1 is 1.33 bits per heavy atom. The number of hydrogen-bond donors (Lipinski definition) is 1. The molecule has 0 bridgehead atoms.